The molecule has 0 saturated carbocycles. The molecule has 8 aromatic carbocycles. The summed E-state index contributed by atoms with van der Waals surface area (Å²) in [5.41, 5.74) is 18.1. The standard InChI is InChI=1S/C60H38N4/c1-62-46-31-33-52(48-27-15-17-29-50(48)54-35-37-58(43-20-8-3-9-21-43)64-60(54)45-24-12-5-13-25-45)56(39-46)55-38-41(40-61)30-32-51(55)47-26-14-16-28-49(47)53-34-36-57(42-18-6-2-7-19-42)63-59(53)44-22-10-4-11-23-44/h2-39H. The van der Waals surface area contributed by atoms with E-state index in [2.05, 4.69) is 132 Å². The van der Waals surface area contributed by atoms with Crippen LogP contribution in [0.2, 0.25) is 0 Å². The summed E-state index contributed by atoms with van der Waals surface area (Å²) in [6, 6.07) is 80.6. The van der Waals surface area contributed by atoms with Crippen LogP contribution in [0.1, 0.15) is 5.56 Å². The Morgan fingerprint density at radius 2 is 0.672 bits per heavy atom. The van der Waals surface area contributed by atoms with Gasteiger partial charge in [0.15, 0.2) is 5.69 Å². The van der Waals surface area contributed by atoms with E-state index in [1.807, 2.05) is 109 Å². The lowest BCUT2D eigenvalue weighted by Gasteiger charge is -2.21. The Morgan fingerprint density at radius 3 is 1.09 bits per heavy atom. The van der Waals surface area contributed by atoms with Crippen LogP contribution in [0.5, 0.6) is 0 Å². The van der Waals surface area contributed by atoms with Crippen LogP contribution < -0.4 is 0 Å². The SMILES string of the molecule is [C-]#[N+]c1ccc(-c2ccccc2-c2ccc(-c3ccccc3)nc2-c2ccccc2)c(-c2cc(C#N)ccc2-c2ccccc2-c2ccc(-c3ccccc3)nc2-c2ccccc2)c1. The van der Waals surface area contributed by atoms with Crippen LogP contribution in [-0.4, -0.2) is 9.97 Å². The summed E-state index contributed by atoms with van der Waals surface area (Å²) in [7, 11) is 0. The van der Waals surface area contributed by atoms with Crippen molar-refractivity contribution >= 4 is 5.69 Å². The third-order valence-corrected chi connectivity index (χ3v) is 11.6. The van der Waals surface area contributed by atoms with Crippen molar-refractivity contribution in [2.45, 2.75) is 0 Å². The highest BCUT2D eigenvalue weighted by molar-refractivity contribution is 6.02. The molecule has 0 amide bonds. The molecule has 2 heterocycles. The normalized spacial score (nSPS) is 10.8. The molecular formula is C60H38N4. The maximum atomic E-state index is 10.4. The summed E-state index contributed by atoms with van der Waals surface area (Å²) < 4.78 is 0. The fraction of sp³-hybridized carbons (Fsp3) is 0. The minimum Gasteiger partial charge on any atom is -0.247 e. The number of aromatic nitrogens is 2. The molecule has 0 N–H and O–H groups in total. The second-order valence-corrected chi connectivity index (χ2v) is 15.5. The summed E-state index contributed by atoms with van der Waals surface area (Å²) >= 11 is 0. The lowest BCUT2D eigenvalue weighted by molar-refractivity contribution is 1.32. The topological polar surface area (TPSA) is 53.9 Å². The van der Waals surface area contributed by atoms with Gasteiger partial charge in [0.2, 0.25) is 0 Å². The molecule has 0 bridgehead atoms. The number of nitriles is 1. The van der Waals surface area contributed by atoms with E-state index in [0.29, 0.717) is 11.3 Å². The number of pyridine rings is 2. The first-order chi connectivity index (χ1) is 31.7. The van der Waals surface area contributed by atoms with Gasteiger partial charge in [0.25, 0.3) is 0 Å². The van der Waals surface area contributed by atoms with Gasteiger partial charge in [0.1, 0.15) is 0 Å². The highest BCUT2D eigenvalue weighted by Crippen LogP contribution is 2.47. The van der Waals surface area contributed by atoms with E-state index in [9.17, 15) is 5.26 Å². The number of hydrogen-bond acceptors (Lipinski definition) is 3. The van der Waals surface area contributed by atoms with Crippen molar-refractivity contribution in [2.75, 3.05) is 0 Å². The predicted octanol–water partition coefficient (Wildman–Crippen LogP) is 15.9. The van der Waals surface area contributed by atoms with E-state index >= 15 is 0 Å². The average molecular weight is 815 g/mol. The van der Waals surface area contributed by atoms with Crippen molar-refractivity contribution in [2.24, 2.45) is 0 Å². The van der Waals surface area contributed by atoms with Crippen molar-refractivity contribution in [1.29, 1.82) is 5.26 Å². The van der Waals surface area contributed by atoms with Crippen LogP contribution in [0.25, 0.3) is 106 Å². The summed E-state index contributed by atoms with van der Waals surface area (Å²) in [6.45, 7) is 8.15. The zero-order valence-electron chi connectivity index (χ0n) is 34.7. The Morgan fingerprint density at radius 1 is 0.328 bits per heavy atom. The van der Waals surface area contributed by atoms with Gasteiger partial charge < -0.3 is 0 Å². The second-order valence-electron chi connectivity index (χ2n) is 15.5. The highest BCUT2D eigenvalue weighted by atomic mass is 14.7. The van der Waals surface area contributed by atoms with Crippen LogP contribution in [0.4, 0.5) is 5.69 Å². The maximum absolute atomic E-state index is 10.4. The molecule has 0 aliphatic carbocycles. The van der Waals surface area contributed by atoms with Crippen molar-refractivity contribution in [1.82, 2.24) is 9.97 Å². The fourth-order valence-corrected chi connectivity index (χ4v) is 8.56. The smallest absolute Gasteiger partial charge is 0.187 e. The van der Waals surface area contributed by atoms with Gasteiger partial charge in [-0.3, -0.25) is 0 Å². The first kappa shape index (κ1) is 39.2. The Hall–Kier alpha value is -8.96. The minimum absolute atomic E-state index is 0.503. The molecule has 0 spiro atoms. The molecule has 0 saturated heterocycles. The minimum atomic E-state index is 0.503. The lowest BCUT2D eigenvalue weighted by Crippen LogP contribution is -1.97. The molecule has 64 heavy (non-hydrogen) atoms. The van der Waals surface area contributed by atoms with E-state index in [0.717, 1.165) is 101 Å². The Bertz CT molecular complexity index is 3150. The zero-order valence-corrected chi connectivity index (χ0v) is 34.7. The van der Waals surface area contributed by atoms with E-state index in [1.54, 1.807) is 0 Å². The predicted molar refractivity (Wildman–Crippen MR) is 262 cm³/mol. The molecule has 4 nitrogen and oxygen atoms in total. The van der Waals surface area contributed by atoms with Gasteiger partial charge in [-0.1, -0.05) is 188 Å². The molecule has 10 rings (SSSR count). The zero-order chi connectivity index (χ0) is 43.2. The van der Waals surface area contributed by atoms with E-state index in [1.165, 1.54) is 0 Å². The van der Waals surface area contributed by atoms with Gasteiger partial charge in [-0.2, -0.15) is 5.26 Å². The van der Waals surface area contributed by atoms with Gasteiger partial charge in [-0.15, -0.1) is 0 Å². The molecule has 0 fully saturated rings. The van der Waals surface area contributed by atoms with E-state index in [-0.39, 0.29) is 0 Å². The molecule has 0 aliphatic heterocycles. The van der Waals surface area contributed by atoms with Crippen LogP contribution in [0.3, 0.4) is 0 Å². The molecule has 0 radical (unpaired) electrons. The monoisotopic (exact) mass is 814 g/mol. The molecule has 2 aromatic heterocycles. The highest BCUT2D eigenvalue weighted by Gasteiger charge is 2.22. The first-order valence-corrected chi connectivity index (χ1v) is 21.2. The summed E-state index contributed by atoms with van der Waals surface area (Å²) in [4.78, 5) is 14.6. The Kier molecular flexibility index (Phi) is 10.8. The largest absolute Gasteiger partial charge is 0.247 e. The van der Waals surface area contributed by atoms with E-state index < -0.39 is 0 Å². The van der Waals surface area contributed by atoms with Gasteiger partial charge in [-0.25, -0.2) is 14.8 Å². The quantitative estimate of drug-likeness (QED) is 0.136. The van der Waals surface area contributed by atoms with Crippen LogP contribution in [0, 0.1) is 17.9 Å². The molecule has 4 heteroatoms. The average Bonchev–Trinajstić information content (AvgIpc) is 3.39. The van der Waals surface area contributed by atoms with Crippen molar-refractivity contribution in [3.63, 3.8) is 0 Å². The number of benzene rings is 8. The second kappa shape index (κ2) is 17.6. The number of nitrogens with zero attached hydrogens (tertiary/aromatic N) is 4. The molecule has 298 valence electrons. The number of rotatable bonds is 9. The Balaban J connectivity index is 1.18. The summed E-state index contributed by atoms with van der Waals surface area (Å²) in [6.07, 6.45) is 0. The lowest BCUT2D eigenvalue weighted by atomic mass is 9.83. The van der Waals surface area contributed by atoms with Gasteiger partial charge >= 0.3 is 0 Å². The van der Waals surface area contributed by atoms with Crippen LogP contribution >= 0.6 is 0 Å². The molecule has 10 aromatic rings. The van der Waals surface area contributed by atoms with E-state index in [4.69, 9.17) is 16.5 Å². The number of hydrogen-bond donors (Lipinski definition) is 0. The van der Waals surface area contributed by atoms with Gasteiger partial charge in [0, 0.05) is 33.4 Å². The molecule has 0 atom stereocenters. The maximum Gasteiger partial charge on any atom is 0.187 e. The van der Waals surface area contributed by atoms with Crippen molar-refractivity contribution in [3.05, 3.63) is 248 Å². The molecule has 0 aliphatic rings. The third-order valence-electron chi connectivity index (χ3n) is 11.6. The van der Waals surface area contributed by atoms with Crippen molar-refractivity contribution < 1.29 is 0 Å². The summed E-state index contributed by atoms with van der Waals surface area (Å²) in [5.74, 6) is 0. The van der Waals surface area contributed by atoms with Crippen molar-refractivity contribution in [3.8, 4) is 107 Å². The first-order valence-electron chi connectivity index (χ1n) is 21.2. The van der Waals surface area contributed by atoms with Gasteiger partial charge in [-0.05, 0) is 87.0 Å². The molecular weight excluding hydrogens is 777 g/mol. The fourth-order valence-electron chi connectivity index (χ4n) is 8.56. The van der Waals surface area contributed by atoms with Crippen LogP contribution in [0.15, 0.2) is 231 Å². The van der Waals surface area contributed by atoms with Crippen LogP contribution in [-0.2, 0) is 0 Å². The third kappa shape index (κ3) is 7.65. The van der Waals surface area contributed by atoms with Gasteiger partial charge in [0.05, 0.1) is 41.0 Å². The molecule has 0 unspecified atom stereocenters. The Labute approximate surface area is 373 Å². The summed E-state index contributed by atoms with van der Waals surface area (Å²) in [5, 5.41) is 10.4.